The van der Waals surface area contributed by atoms with Gasteiger partial charge in [0.1, 0.15) is 25.9 Å². The quantitative estimate of drug-likeness (QED) is 0.228. The Morgan fingerprint density at radius 1 is 0.667 bits per heavy atom. The highest BCUT2D eigenvalue weighted by atomic mass is 16.7. The van der Waals surface area contributed by atoms with Crippen molar-refractivity contribution in [2.75, 3.05) is 6.61 Å². The van der Waals surface area contributed by atoms with Crippen LogP contribution in [0.25, 0.3) is 0 Å². The molecule has 3 rings (SSSR count). The molecule has 0 unspecified atom stereocenters. The number of carbonyl (C=O) groups excluding carboxylic acids is 6. The van der Waals surface area contributed by atoms with Crippen LogP contribution in [0.5, 0.6) is 0 Å². The highest BCUT2D eigenvalue weighted by Crippen LogP contribution is 2.31. The highest BCUT2D eigenvalue weighted by Gasteiger charge is 2.53. The average Bonchev–Trinajstić information content (AvgIpc) is 3.03. The second-order valence-electron chi connectivity index (χ2n) is 10.7. The maximum absolute atomic E-state index is 13.4. The highest BCUT2D eigenvalue weighted by molar-refractivity contribution is 5.82. The summed E-state index contributed by atoms with van der Waals surface area (Å²) >= 11 is 0. The van der Waals surface area contributed by atoms with E-state index in [0.717, 1.165) is 27.7 Å². The van der Waals surface area contributed by atoms with Gasteiger partial charge in [-0.25, -0.2) is 9.59 Å². The zero-order chi connectivity index (χ0) is 35.2. The van der Waals surface area contributed by atoms with Crippen LogP contribution in [-0.2, 0) is 75.1 Å². The number of amides is 1. The molecule has 2 aromatic rings. The lowest BCUT2D eigenvalue weighted by molar-refractivity contribution is -0.317. The molecule has 48 heavy (non-hydrogen) atoms. The number of ether oxygens (including phenoxy) is 8. The molecule has 2 aromatic carbocycles. The lowest BCUT2D eigenvalue weighted by Gasteiger charge is -2.45. The number of esters is 5. The van der Waals surface area contributed by atoms with Gasteiger partial charge in [-0.15, -0.1) is 0 Å². The lowest BCUT2D eigenvalue weighted by atomic mass is 9.98. The fraction of sp³-hybridized carbons (Fsp3) is 0.455. The molecule has 7 atom stereocenters. The fourth-order valence-electron chi connectivity index (χ4n) is 4.67. The van der Waals surface area contributed by atoms with E-state index in [0.29, 0.717) is 11.1 Å². The maximum atomic E-state index is 13.4. The van der Waals surface area contributed by atoms with Crippen molar-refractivity contribution in [2.45, 2.75) is 90.7 Å². The average molecular weight is 674 g/mol. The molecule has 1 aliphatic rings. The van der Waals surface area contributed by atoms with E-state index in [-0.39, 0.29) is 13.2 Å². The number of benzene rings is 2. The van der Waals surface area contributed by atoms with E-state index < -0.39 is 85.4 Å². The second kappa shape index (κ2) is 18.4. The van der Waals surface area contributed by atoms with Crippen molar-refractivity contribution in [1.29, 1.82) is 0 Å². The Bertz CT molecular complexity index is 1400. The molecule has 0 aliphatic carbocycles. The monoisotopic (exact) mass is 673 g/mol. The van der Waals surface area contributed by atoms with Gasteiger partial charge in [0.25, 0.3) is 0 Å². The fourth-order valence-corrected chi connectivity index (χ4v) is 4.67. The van der Waals surface area contributed by atoms with Crippen molar-refractivity contribution in [3.63, 3.8) is 0 Å². The Morgan fingerprint density at radius 2 is 1.17 bits per heavy atom. The van der Waals surface area contributed by atoms with E-state index >= 15 is 0 Å². The van der Waals surface area contributed by atoms with Crippen molar-refractivity contribution in [3.8, 4) is 0 Å². The molecular formula is C33H39NO14. The summed E-state index contributed by atoms with van der Waals surface area (Å²) in [6.07, 6.45) is -9.64. The normalized spacial score (nSPS) is 21.4. The Labute approximate surface area is 277 Å². The topological polar surface area (TPSA) is 188 Å². The minimum absolute atomic E-state index is 0.104. The Balaban J connectivity index is 1.90. The van der Waals surface area contributed by atoms with Gasteiger partial charge in [0.05, 0.1) is 6.10 Å². The van der Waals surface area contributed by atoms with Crippen LogP contribution < -0.4 is 5.32 Å². The number of carbonyl (C=O) groups is 6. The molecule has 1 N–H and O–H groups in total. The molecule has 15 heteroatoms. The third-order valence-corrected chi connectivity index (χ3v) is 6.73. The Kier molecular flexibility index (Phi) is 14.3. The predicted octanol–water partition coefficient (Wildman–Crippen LogP) is 2.51. The lowest BCUT2D eigenvalue weighted by Crippen LogP contribution is -2.64. The zero-order valence-electron chi connectivity index (χ0n) is 27.2. The minimum atomic E-state index is -1.62. The first-order chi connectivity index (χ1) is 22.8. The van der Waals surface area contributed by atoms with E-state index in [1.54, 1.807) is 60.7 Å². The molecular weight excluding hydrogens is 634 g/mol. The summed E-state index contributed by atoms with van der Waals surface area (Å²) in [6.45, 7) is 5.06. The first-order valence-corrected chi connectivity index (χ1v) is 15.0. The predicted molar refractivity (Wildman–Crippen MR) is 162 cm³/mol. The van der Waals surface area contributed by atoms with Gasteiger partial charge in [-0.2, -0.15) is 0 Å². The van der Waals surface area contributed by atoms with Crippen LogP contribution in [0, 0.1) is 0 Å². The van der Waals surface area contributed by atoms with Crippen LogP contribution in [0.2, 0.25) is 0 Å². The van der Waals surface area contributed by atoms with Crippen LogP contribution in [0.4, 0.5) is 4.79 Å². The smallest absolute Gasteiger partial charge is 0.408 e. The molecule has 0 saturated carbocycles. The van der Waals surface area contributed by atoms with Gasteiger partial charge >= 0.3 is 35.9 Å². The summed E-state index contributed by atoms with van der Waals surface area (Å²) in [6, 6.07) is 16.1. The molecule has 1 fully saturated rings. The van der Waals surface area contributed by atoms with E-state index in [4.69, 9.17) is 37.9 Å². The van der Waals surface area contributed by atoms with E-state index in [1.807, 2.05) is 0 Å². The van der Waals surface area contributed by atoms with E-state index in [2.05, 4.69) is 5.32 Å². The Hall–Kier alpha value is -5.02. The van der Waals surface area contributed by atoms with Crippen LogP contribution in [0.1, 0.15) is 45.7 Å². The number of nitrogens with one attached hydrogen (secondary N) is 1. The Morgan fingerprint density at radius 3 is 1.69 bits per heavy atom. The van der Waals surface area contributed by atoms with Crippen LogP contribution in [0.3, 0.4) is 0 Å². The van der Waals surface area contributed by atoms with Crippen LogP contribution in [0.15, 0.2) is 60.7 Å². The molecule has 1 amide bonds. The third kappa shape index (κ3) is 12.0. The van der Waals surface area contributed by atoms with Gasteiger partial charge < -0.3 is 43.2 Å². The first-order valence-electron chi connectivity index (χ1n) is 15.0. The molecule has 1 saturated heterocycles. The number of hydrogen-bond acceptors (Lipinski definition) is 14. The SMILES string of the molecule is CC(=O)OC[C@H]1O[C@@H](O[C@H](C)[C@H](NC(=O)OCc2ccccc2)C(=O)OCc2ccccc2)[C@H](OC(C)=O)[C@@H](OC(C)=O)[C@H]1OC(C)=O. The summed E-state index contributed by atoms with van der Waals surface area (Å²) < 4.78 is 44.1. The van der Waals surface area contributed by atoms with Crippen molar-refractivity contribution >= 4 is 35.9 Å². The summed E-state index contributed by atoms with van der Waals surface area (Å²) in [5.74, 6) is -4.09. The second-order valence-corrected chi connectivity index (χ2v) is 10.7. The number of alkyl carbamates (subject to hydrolysis) is 1. The minimum Gasteiger partial charge on any atom is -0.463 e. The molecule has 0 spiro atoms. The summed E-state index contributed by atoms with van der Waals surface area (Å²) in [5, 5.41) is 2.45. The first kappa shape index (κ1) is 37.4. The molecule has 260 valence electrons. The zero-order valence-corrected chi connectivity index (χ0v) is 27.2. The van der Waals surface area contributed by atoms with Gasteiger partial charge in [0, 0.05) is 27.7 Å². The number of hydrogen-bond donors (Lipinski definition) is 1. The van der Waals surface area contributed by atoms with E-state index in [1.165, 1.54) is 6.92 Å². The summed E-state index contributed by atoms with van der Waals surface area (Å²) in [7, 11) is 0. The number of rotatable bonds is 14. The van der Waals surface area contributed by atoms with E-state index in [9.17, 15) is 28.8 Å². The third-order valence-electron chi connectivity index (χ3n) is 6.73. The maximum Gasteiger partial charge on any atom is 0.408 e. The van der Waals surface area contributed by atoms with Crippen molar-refractivity contribution in [1.82, 2.24) is 5.32 Å². The molecule has 15 nitrogen and oxygen atoms in total. The van der Waals surface area contributed by atoms with Gasteiger partial charge in [0.15, 0.2) is 30.6 Å². The van der Waals surface area contributed by atoms with Gasteiger partial charge in [-0.1, -0.05) is 60.7 Å². The van der Waals surface area contributed by atoms with Crippen LogP contribution >= 0.6 is 0 Å². The van der Waals surface area contributed by atoms with Gasteiger partial charge in [-0.05, 0) is 18.1 Å². The van der Waals surface area contributed by atoms with Crippen molar-refractivity contribution in [2.24, 2.45) is 0 Å². The van der Waals surface area contributed by atoms with Gasteiger partial charge in [-0.3, -0.25) is 19.2 Å². The molecule has 0 aromatic heterocycles. The molecule has 0 radical (unpaired) electrons. The summed E-state index contributed by atoms with van der Waals surface area (Å²) in [5.41, 5.74) is 1.36. The largest absolute Gasteiger partial charge is 0.463 e. The van der Waals surface area contributed by atoms with Crippen LogP contribution in [-0.4, -0.2) is 85.4 Å². The molecule has 1 heterocycles. The molecule has 1 aliphatic heterocycles. The standard InChI is InChI=1S/C33H39NO14/c1-19(27(31(39)42-16-24-12-8-6-9-13-24)34-33(40)43-17-25-14-10-7-11-15-25)44-32-30(47-23(5)38)29(46-22(4)37)28(45-21(3)36)26(48-32)18-41-20(2)35/h6-15,19,26-30,32H,16-18H2,1-5H3,(H,34,40)/t19-,26-,27+,28+,29+,30-,32-/m1/s1. The van der Waals surface area contributed by atoms with Crippen molar-refractivity contribution < 1.29 is 66.7 Å². The summed E-state index contributed by atoms with van der Waals surface area (Å²) in [4.78, 5) is 74.3. The van der Waals surface area contributed by atoms with Gasteiger partial charge in [0.2, 0.25) is 0 Å². The molecule has 0 bridgehead atoms. The van der Waals surface area contributed by atoms with Crippen molar-refractivity contribution in [3.05, 3.63) is 71.8 Å².